The highest BCUT2D eigenvalue weighted by Gasteiger charge is 2.09. The molecule has 0 aliphatic rings. The van der Waals surface area contributed by atoms with Crippen LogP contribution in [0.25, 0.3) is 22.0 Å². The van der Waals surface area contributed by atoms with Crippen LogP contribution in [0.3, 0.4) is 0 Å². The Bertz CT molecular complexity index is 1010. The summed E-state index contributed by atoms with van der Waals surface area (Å²) in [6, 6.07) is 7.99. The Hall–Kier alpha value is -2.73. The van der Waals surface area contributed by atoms with Gasteiger partial charge in [-0.05, 0) is 75.1 Å². The molecular weight excluding hydrogens is 362 g/mol. The zero-order valence-electron chi connectivity index (χ0n) is 17.8. The number of anilines is 1. The molecule has 6 heteroatoms. The molecule has 2 N–H and O–H groups in total. The Morgan fingerprint density at radius 3 is 2.76 bits per heavy atom. The molecule has 0 saturated carbocycles. The largest absolute Gasteiger partial charge is 0.352 e. The van der Waals surface area contributed by atoms with E-state index in [2.05, 4.69) is 45.9 Å². The number of fused-ring (bicyclic) bond motifs is 1. The molecule has 3 aromatic rings. The van der Waals surface area contributed by atoms with Gasteiger partial charge in [-0.25, -0.2) is 9.97 Å². The second-order valence-electron chi connectivity index (χ2n) is 7.58. The average molecular weight is 394 g/mol. The van der Waals surface area contributed by atoms with E-state index < -0.39 is 0 Å². The van der Waals surface area contributed by atoms with Crippen LogP contribution in [0.1, 0.15) is 39.2 Å². The molecule has 6 nitrogen and oxygen atoms in total. The minimum absolute atomic E-state index is 0.100. The van der Waals surface area contributed by atoms with Gasteiger partial charge in [0.25, 0.3) is 0 Å². The van der Waals surface area contributed by atoms with Gasteiger partial charge in [0, 0.05) is 29.9 Å². The summed E-state index contributed by atoms with van der Waals surface area (Å²) in [7, 11) is 0. The van der Waals surface area contributed by atoms with Crippen LogP contribution >= 0.6 is 0 Å². The summed E-state index contributed by atoms with van der Waals surface area (Å²) < 4.78 is 0. The van der Waals surface area contributed by atoms with Crippen molar-refractivity contribution >= 4 is 16.9 Å². The van der Waals surface area contributed by atoms with Gasteiger partial charge in [-0.3, -0.25) is 4.79 Å². The number of hydrogen-bond acceptors (Lipinski definition) is 5. The second kappa shape index (κ2) is 9.65. The fraction of sp³-hybridized carbons (Fsp3) is 0.435. The molecule has 0 aliphatic carbocycles. The maximum absolute atomic E-state index is 11.7. The summed E-state index contributed by atoms with van der Waals surface area (Å²) in [6.07, 6.45) is 5.83. The summed E-state index contributed by atoms with van der Waals surface area (Å²) in [5.74, 6) is 0.660. The van der Waals surface area contributed by atoms with Gasteiger partial charge in [0.1, 0.15) is 0 Å². The highest BCUT2D eigenvalue weighted by molar-refractivity contribution is 5.85. The van der Waals surface area contributed by atoms with E-state index in [4.69, 9.17) is 0 Å². The van der Waals surface area contributed by atoms with Crippen molar-refractivity contribution < 1.29 is 0 Å². The lowest BCUT2D eigenvalue weighted by molar-refractivity contribution is 0.295. The third-order valence-electron chi connectivity index (χ3n) is 5.40. The summed E-state index contributed by atoms with van der Waals surface area (Å²) in [4.78, 5) is 26.0. The SMILES string of the molecule is CCN(CC)CCC[C@H](C)Nc1ncc2cc(-c3cc(=O)[nH]cc3C)ccc2n1. The number of benzene rings is 1. The van der Waals surface area contributed by atoms with Gasteiger partial charge in [-0.15, -0.1) is 0 Å². The van der Waals surface area contributed by atoms with Crippen LogP contribution in [-0.2, 0) is 0 Å². The maximum atomic E-state index is 11.7. The first-order valence-corrected chi connectivity index (χ1v) is 10.5. The lowest BCUT2D eigenvalue weighted by Crippen LogP contribution is -2.25. The Kier molecular flexibility index (Phi) is 6.99. The zero-order valence-corrected chi connectivity index (χ0v) is 17.8. The van der Waals surface area contributed by atoms with E-state index in [0.717, 1.165) is 60.1 Å². The Balaban J connectivity index is 1.69. The second-order valence-corrected chi connectivity index (χ2v) is 7.58. The van der Waals surface area contributed by atoms with Crippen molar-refractivity contribution in [2.24, 2.45) is 0 Å². The number of pyridine rings is 1. The van der Waals surface area contributed by atoms with Gasteiger partial charge < -0.3 is 15.2 Å². The highest BCUT2D eigenvalue weighted by atomic mass is 16.1. The number of rotatable bonds is 9. The van der Waals surface area contributed by atoms with Gasteiger partial charge in [0.05, 0.1) is 5.52 Å². The monoisotopic (exact) mass is 393 g/mol. The van der Waals surface area contributed by atoms with E-state index in [1.807, 2.05) is 31.3 Å². The van der Waals surface area contributed by atoms with Crippen LogP contribution in [0.15, 0.2) is 41.5 Å². The molecule has 1 atom stereocenters. The van der Waals surface area contributed by atoms with E-state index >= 15 is 0 Å². The first-order chi connectivity index (χ1) is 14.0. The first-order valence-electron chi connectivity index (χ1n) is 10.5. The van der Waals surface area contributed by atoms with Crippen molar-refractivity contribution in [1.29, 1.82) is 0 Å². The first kappa shape index (κ1) is 21.0. The van der Waals surface area contributed by atoms with E-state index in [1.165, 1.54) is 0 Å². The molecule has 0 bridgehead atoms. The zero-order chi connectivity index (χ0) is 20.8. The number of nitrogens with one attached hydrogen (secondary N) is 2. The molecule has 2 heterocycles. The predicted octanol–water partition coefficient (Wildman–Crippen LogP) is 4.22. The molecule has 154 valence electrons. The van der Waals surface area contributed by atoms with Crippen molar-refractivity contribution in [1.82, 2.24) is 19.9 Å². The van der Waals surface area contributed by atoms with Gasteiger partial charge in [0.2, 0.25) is 11.5 Å². The van der Waals surface area contributed by atoms with Gasteiger partial charge in [-0.2, -0.15) is 0 Å². The smallest absolute Gasteiger partial charge is 0.248 e. The summed E-state index contributed by atoms with van der Waals surface area (Å²) in [5.41, 5.74) is 3.75. The molecule has 2 aromatic heterocycles. The minimum Gasteiger partial charge on any atom is -0.352 e. The number of hydrogen-bond donors (Lipinski definition) is 2. The quantitative estimate of drug-likeness (QED) is 0.569. The lowest BCUT2D eigenvalue weighted by atomic mass is 10.0. The molecule has 29 heavy (non-hydrogen) atoms. The van der Waals surface area contributed by atoms with Gasteiger partial charge in [0.15, 0.2) is 0 Å². The van der Waals surface area contributed by atoms with Gasteiger partial charge in [-0.1, -0.05) is 19.9 Å². The normalized spacial score (nSPS) is 12.4. The van der Waals surface area contributed by atoms with Crippen molar-refractivity contribution in [2.75, 3.05) is 25.0 Å². The topological polar surface area (TPSA) is 73.9 Å². The molecule has 0 spiro atoms. The van der Waals surface area contributed by atoms with Crippen LogP contribution in [0, 0.1) is 6.92 Å². The van der Waals surface area contributed by atoms with Crippen molar-refractivity contribution in [3.63, 3.8) is 0 Å². The van der Waals surface area contributed by atoms with E-state index in [-0.39, 0.29) is 5.56 Å². The van der Waals surface area contributed by atoms with Crippen LogP contribution in [0.4, 0.5) is 5.95 Å². The minimum atomic E-state index is -0.100. The molecule has 0 fully saturated rings. The summed E-state index contributed by atoms with van der Waals surface area (Å²) in [5, 5.41) is 4.38. The van der Waals surface area contributed by atoms with Crippen LogP contribution < -0.4 is 10.9 Å². The number of H-pyrrole nitrogens is 1. The molecular formula is C23H31N5O. The van der Waals surface area contributed by atoms with Gasteiger partial charge >= 0.3 is 0 Å². The lowest BCUT2D eigenvalue weighted by Gasteiger charge is -2.19. The summed E-state index contributed by atoms with van der Waals surface area (Å²) >= 11 is 0. The molecule has 0 radical (unpaired) electrons. The third-order valence-corrected chi connectivity index (χ3v) is 5.40. The number of nitrogens with zero attached hydrogens (tertiary/aromatic N) is 3. The molecule has 0 saturated heterocycles. The van der Waals surface area contributed by atoms with E-state index in [9.17, 15) is 4.79 Å². The Morgan fingerprint density at radius 2 is 2.00 bits per heavy atom. The third kappa shape index (κ3) is 5.41. The molecule has 0 aliphatic heterocycles. The van der Waals surface area contributed by atoms with Crippen molar-refractivity contribution in [3.8, 4) is 11.1 Å². The standard InChI is InChI=1S/C23H31N5O/c1-5-28(6-2)11-7-8-17(4)26-23-25-15-19-12-18(9-10-21(19)27-23)20-13-22(29)24-14-16(20)3/h9-10,12-15,17H,5-8,11H2,1-4H3,(H,24,29)(H,25,26,27)/t17-/m0/s1. The summed E-state index contributed by atoms with van der Waals surface area (Å²) in [6.45, 7) is 11.9. The maximum Gasteiger partial charge on any atom is 0.248 e. The predicted molar refractivity (Wildman–Crippen MR) is 120 cm³/mol. The van der Waals surface area contributed by atoms with Crippen molar-refractivity contribution in [3.05, 3.63) is 52.6 Å². The molecule has 0 amide bonds. The van der Waals surface area contributed by atoms with Crippen LogP contribution in [0.2, 0.25) is 0 Å². The highest BCUT2D eigenvalue weighted by Crippen LogP contribution is 2.25. The Morgan fingerprint density at radius 1 is 1.21 bits per heavy atom. The average Bonchev–Trinajstić information content (AvgIpc) is 2.72. The van der Waals surface area contributed by atoms with E-state index in [1.54, 1.807) is 12.3 Å². The molecule has 3 rings (SSSR count). The Labute approximate surface area is 172 Å². The molecule has 1 aromatic carbocycles. The van der Waals surface area contributed by atoms with Crippen molar-refractivity contribution in [2.45, 2.75) is 46.6 Å². The number of aromatic amines is 1. The fourth-order valence-electron chi connectivity index (χ4n) is 3.58. The number of aryl methyl sites for hydroxylation is 1. The molecule has 0 unspecified atom stereocenters. The van der Waals surface area contributed by atoms with E-state index in [0.29, 0.717) is 12.0 Å². The van der Waals surface area contributed by atoms with Crippen LogP contribution in [0.5, 0.6) is 0 Å². The van der Waals surface area contributed by atoms with Crippen LogP contribution in [-0.4, -0.2) is 45.5 Å². The fourth-order valence-corrected chi connectivity index (χ4v) is 3.58. The number of aromatic nitrogens is 3.